The van der Waals surface area contributed by atoms with Crippen molar-refractivity contribution >= 4 is 35.3 Å². The average Bonchev–Trinajstić information content (AvgIpc) is 2.81. The number of anilines is 1. The topological polar surface area (TPSA) is 61.8 Å². The number of carbonyl (C=O) groups is 1. The van der Waals surface area contributed by atoms with Gasteiger partial charge in [-0.15, -0.1) is 0 Å². The van der Waals surface area contributed by atoms with Crippen LogP contribution in [0.2, 0.25) is 5.02 Å². The van der Waals surface area contributed by atoms with E-state index in [4.69, 9.17) is 21.4 Å². The highest BCUT2D eigenvalue weighted by molar-refractivity contribution is 7.99. The number of aldehydes is 1. The van der Waals surface area contributed by atoms with E-state index >= 15 is 0 Å². The van der Waals surface area contributed by atoms with Crippen LogP contribution in [-0.4, -0.2) is 44.2 Å². The Morgan fingerprint density at radius 1 is 1.09 bits per heavy atom. The number of hydrogen-bond donors (Lipinski definition) is 2. The van der Waals surface area contributed by atoms with Crippen LogP contribution in [0.15, 0.2) is 82.6 Å². The minimum atomic E-state index is -0.537. The molecule has 0 aliphatic rings. The highest BCUT2D eigenvalue weighted by Gasteiger charge is 2.10. The van der Waals surface area contributed by atoms with E-state index in [0.29, 0.717) is 31.0 Å². The van der Waals surface area contributed by atoms with Crippen LogP contribution in [0, 0.1) is 0 Å². The molecule has 0 aliphatic carbocycles. The predicted molar refractivity (Wildman–Crippen MR) is 131 cm³/mol. The van der Waals surface area contributed by atoms with Crippen molar-refractivity contribution in [1.82, 2.24) is 5.32 Å². The maximum absolute atomic E-state index is 10.8. The van der Waals surface area contributed by atoms with E-state index < -0.39 is 6.04 Å². The van der Waals surface area contributed by atoms with E-state index in [-0.39, 0.29) is 6.61 Å². The number of hydrogen-bond acceptors (Lipinski definition) is 6. The molecule has 7 heteroatoms. The first-order chi connectivity index (χ1) is 15.6. The number of halogens is 1. The van der Waals surface area contributed by atoms with Gasteiger partial charge in [0.2, 0.25) is 0 Å². The van der Waals surface area contributed by atoms with Crippen molar-refractivity contribution in [3.8, 4) is 5.75 Å². The number of carbonyl (C=O) groups excluding carboxylic acids is 1. The van der Waals surface area contributed by atoms with Gasteiger partial charge < -0.3 is 24.9 Å². The standard InChI is InChI=1S/C25H27ClN2O3S/c1-28(13-12-27-20(16-29)17-30)25-11-10-23(15-24(25)26)32-22-9-5-8-21(14-22)31-18-19-6-3-2-4-7-19/h2-11,14-16,20,27,30H,12-13,17-18H2,1H3. The molecule has 168 valence electrons. The van der Waals surface area contributed by atoms with Crippen LogP contribution in [0.4, 0.5) is 5.69 Å². The Labute approximate surface area is 198 Å². The lowest BCUT2D eigenvalue weighted by molar-refractivity contribution is -0.110. The number of rotatable bonds is 12. The molecule has 0 spiro atoms. The number of nitrogens with zero attached hydrogens (tertiary/aromatic N) is 1. The Bertz CT molecular complexity index is 1000. The Hall–Kier alpha value is -2.51. The fourth-order valence-corrected chi connectivity index (χ4v) is 4.36. The van der Waals surface area contributed by atoms with E-state index in [1.165, 1.54) is 0 Å². The molecule has 2 N–H and O–H groups in total. The third-order valence-corrected chi connectivity index (χ3v) is 6.12. The second-order valence-corrected chi connectivity index (χ2v) is 8.82. The Balaban J connectivity index is 1.57. The number of likely N-dealkylation sites (N-methyl/N-ethyl adjacent to an activating group) is 1. The summed E-state index contributed by atoms with van der Waals surface area (Å²) in [5, 5.41) is 12.7. The van der Waals surface area contributed by atoms with E-state index in [9.17, 15) is 4.79 Å². The van der Waals surface area contributed by atoms with Crippen molar-refractivity contribution in [3.05, 3.63) is 83.4 Å². The van der Waals surface area contributed by atoms with Crippen LogP contribution in [0.5, 0.6) is 5.75 Å². The summed E-state index contributed by atoms with van der Waals surface area (Å²) in [5.41, 5.74) is 2.04. The van der Waals surface area contributed by atoms with Gasteiger partial charge in [0.15, 0.2) is 0 Å². The molecule has 0 saturated heterocycles. The zero-order chi connectivity index (χ0) is 22.8. The summed E-state index contributed by atoms with van der Waals surface area (Å²) in [6.45, 7) is 1.53. The normalized spacial score (nSPS) is 11.7. The van der Waals surface area contributed by atoms with Gasteiger partial charge in [0.25, 0.3) is 0 Å². The lowest BCUT2D eigenvalue weighted by atomic mass is 10.2. The van der Waals surface area contributed by atoms with E-state index in [0.717, 1.165) is 26.8 Å². The van der Waals surface area contributed by atoms with Crippen LogP contribution >= 0.6 is 23.4 Å². The molecule has 3 aromatic rings. The van der Waals surface area contributed by atoms with Crippen LogP contribution in [0.25, 0.3) is 0 Å². The molecule has 3 aromatic carbocycles. The van der Waals surface area contributed by atoms with Gasteiger partial charge >= 0.3 is 0 Å². The van der Waals surface area contributed by atoms with Crippen LogP contribution < -0.4 is 15.0 Å². The van der Waals surface area contributed by atoms with Crippen molar-refractivity contribution in [3.63, 3.8) is 0 Å². The van der Waals surface area contributed by atoms with Crippen LogP contribution in [0.1, 0.15) is 5.56 Å². The fourth-order valence-electron chi connectivity index (χ4n) is 3.06. The van der Waals surface area contributed by atoms with Gasteiger partial charge in [0.05, 0.1) is 23.4 Å². The predicted octanol–water partition coefficient (Wildman–Crippen LogP) is 4.66. The summed E-state index contributed by atoms with van der Waals surface area (Å²) >= 11 is 8.16. The summed E-state index contributed by atoms with van der Waals surface area (Å²) in [5.74, 6) is 0.824. The molecule has 0 amide bonds. The monoisotopic (exact) mass is 470 g/mol. The summed E-state index contributed by atoms with van der Waals surface area (Å²) in [4.78, 5) is 14.9. The summed E-state index contributed by atoms with van der Waals surface area (Å²) < 4.78 is 5.93. The SMILES string of the molecule is CN(CCNC(C=O)CO)c1ccc(Sc2cccc(OCc3ccccc3)c2)cc1Cl. The van der Waals surface area contributed by atoms with Crippen LogP contribution in [0.3, 0.4) is 0 Å². The van der Waals surface area contributed by atoms with Gasteiger partial charge in [0, 0.05) is 29.9 Å². The molecule has 1 atom stereocenters. The molecule has 0 fully saturated rings. The molecular formula is C25H27ClN2O3S. The first kappa shape index (κ1) is 24.1. The Morgan fingerprint density at radius 2 is 1.88 bits per heavy atom. The largest absolute Gasteiger partial charge is 0.489 e. The molecule has 0 heterocycles. The van der Waals surface area contributed by atoms with Crippen molar-refractivity contribution < 1.29 is 14.6 Å². The minimum Gasteiger partial charge on any atom is -0.489 e. The number of benzene rings is 3. The van der Waals surface area contributed by atoms with Gasteiger partial charge in [-0.05, 0) is 42.0 Å². The van der Waals surface area contributed by atoms with Gasteiger partial charge in [-0.3, -0.25) is 0 Å². The van der Waals surface area contributed by atoms with E-state index in [1.807, 2.05) is 84.7 Å². The van der Waals surface area contributed by atoms with Crippen molar-refractivity contribution in [2.24, 2.45) is 0 Å². The van der Waals surface area contributed by atoms with Crippen molar-refractivity contribution in [2.75, 3.05) is 31.6 Å². The average molecular weight is 471 g/mol. The molecule has 32 heavy (non-hydrogen) atoms. The molecule has 1 unspecified atom stereocenters. The third kappa shape index (κ3) is 7.28. The van der Waals surface area contributed by atoms with Gasteiger partial charge in [-0.25, -0.2) is 0 Å². The zero-order valence-corrected chi connectivity index (χ0v) is 19.5. The molecule has 0 saturated carbocycles. The third-order valence-electron chi connectivity index (χ3n) is 4.83. The van der Waals surface area contributed by atoms with Crippen molar-refractivity contribution in [1.29, 1.82) is 0 Å². The zero-order valence-electron chi connectivity index (χ0n) is 17.9. The smallest absolute Gasteiger partial charge is 0.139 e. The molecule has 0 aromatic heterocycles. The fraction of sp³-hybridized carbons (Fsp3) is 0.240. The number of ether oxygens (including phenoxy) is 1. The number of aliphatic hydroxyl groups excluding tert-OH is 1. The first-order valence-electron chi connectivity index (χ1n) is 10.3. The molecule has 0 aliphatic heterocycles. The second-order valence-electron chi connectivity index (χ2n) is 7.27. The highest BCUT2D eigenvalue weighted by atomic mass is 35.5. The number of aliphatic hydroxyl groups is 1. The van der Waals surface area contributed by atoms with Gasteiger partial charge in [-0.1, -0.05) is 59.8 Å². The van der Waals surface area contributed by atoms with Crippen molar-refractivity contribution in [2.45, 2.75) is 22.4 Å². The Kier molecular flexibility index (Phi) is 9.43. The lowest BCUT2D eigenvalue weighted by Crippen LogP contribution is -2.39. The quantitative estimate of drug-likeness (QED) is 0.375. The van der Waals surface area contributed by atoms with E-state index in [1.54, 1.807) is 11.8 Å². The van der Waals surface area contributed by atoms with Gasteiger partial charge in [-0.2, -0.15) is 0 Å². The second kappa shape index (κ2) is 12.5. The Morgan fingerprint density at radius 3 is 2.59 bits per heavy atom. The lowest BCUT2D eigenvalue weighted by Gasteiger charge is -2.22. The summed E-state index contributed by atoms with van der Waals surface area (Å²) in [6, 6.07) is 23.5. The van der Waals surface area contributed by atoms with Crippen LogP contribution in [-0.2, 0) is 11.4 Å². The first-order valence-corrected chi connectivity index (χ1v) is 11.5. The van der Waals surface area contributed by atoms with Gasteiger partial charge in [0.1, 0.15) is 18.6 Å². The maximum atomic E-state index is 10.8. The summed E-state index contributed by atoms with van der Waals surface area (Å²) in [7, 11) is 1.94. The van der Waals surface area contributed by atoms with E-state index in [2.05, 4.69) is 5.32 Å². The molecule has 5 nitrogen and oxygen atoms in total. The number of nitrogens with one attached hydrogen (secondary N) is 1. The summed E-state index contributed by atoms with van der Waals surface area (Å²) in [6.07, 6.45) is 0.709. The minimum absolute atomic E-state index is 0.210. The highest BCUT2D eigenvalue weighted by Crippen LogP contribution is 2.35. The molecule has 0 bridgehead atoms. The molecular weight excluding hydrogens is 444 g/mol. The molecule has 0 radical (unpaired) electrons. The maximum Gasteiger partial charge on any atom is 0.139 e. The molecule has 3 rings (SSSR count).